The minimum Gasteiger partial charge on any atom is -0.360 e. The van der Waals surface area contributed by atoms with Gasteiger partial charge in [0.25, 0.3) is 5.91 Å². The molecule has 9 heteroatoms. The molecule has 0 saturated carbocycles. The first-order chi connectivity index (χ1) is 10.9. The van der Waals surface area contributed by atoms with Crippen LogP contribution in [0.5, 0.6) is 0 Å². The zero-order valence-electron chi connectivity index (χ0n) is 11.5. The van der Waals surface area contributed by atoms with Gasteiger partial charge in [0, 0.05) is 6.07 Å². The number of hydrogen-bond acceptors (Lipinski definition) is 4. The van der Waals surface area contributed by atoms with E-state index in [0.29, 0.717) is 6.07 Å². The summed E-state index contributed by atoms with van der Waals surface area (Å²) < 4.78 is 52.8. The van der Waals surface area contributed by atoms with Gasteiger partial charge in [-0.25, -0.2) is 17.2 Å². The van der Waals surface area contributed by atoms with E-state index < -0.39 is 33.7 Å². The molecule has 120 valence electrons. The largest absolute Gasteiger partial charge is 0.360 e. The number of rotatable bonds is 2. The number of carbonyl (C=O) groups excluding carboxylic acids is 1. The molecule has 1 amide bonds. The highest BCUT2D eigenvalue weighted by molar-refractivity contribution is 7.89. The average molecular weight is 339 g/mol. The number of anilines is 2. The van der Waals surface area contributed by atoms with Gasteiger partial charge < -0.3 is 10.6 Å². The van der Waals surface area contributed by atoms with E-state index in [1.54, 1.807) is 12.1 Å². The monoisotopic (exact) mass is 339 g/mol. The van der Waals surface area contributed by atoms with E-state index >= 15 is 0 Å². The molecule has 1 aliphatic heterocycles. The van der Waals surface area contributed by atoms with Crippen molar-refractivity contribution in [3.05, 3.63) is 54.1 Å². The molecule has 0 fully saturated rings. The van der Waals surface area contributed by atoms with Gasteiger partial charge in [0.05, 0.1) is 11.4 Å². The van der Waals surface area contributed by atoms with E-state index in [9.17, 15) is 22.0 Å². The highest BCUT2D eigenvalue weighted by Gasteiger charge is 2.33. The lowest BCUT2D eigenvalue weighted by molar-refractivity contribution is -0.117. The Morgan fingerprint density at radius 3 is 2.61 bits per heavy atom. The number of nitrogens with one attached hydrogen (secondary N) is 3. The van der Waals surface area contributed by atoms with Crippen molar-refractivity contribution in [1.29, 1.82) is 0 Å². The molecule has 1 aliphatic rings. The topological polar surface area (TPSA) is 87.3 Å². The first-order valence-corrected chi connectivity index (χ1v) is 7.99. The van der Waals surface area contributed by atoms with Gasteiger partial charge in [0.15, 0.2) is 6.17 Å². The van der Waals surface area contributed by atoms with Crippen LogP contribution < -0.4 is 15.4 Å². The Morgan fingerprint density at radius 2 is 1.87 bits per heavy atom. The molecule has 0 unspecified atom stereocenters. The van der Waals surface area contributed by atoms with Gasteiger partial charge in [-0.1, -0.05) is 12.1 Å². The van der Waals surface area contributed by atoms with Crippen molar-refractivity contribution in [1.82, 2.24) is 4.72 Å². The van der Waals surface area contributed by atoms with Crippen molar-refractivity contribution in [3.8, 4) is 0 Å². The molecule has 6 nitrogen and oxygen atoms in total. The van der Waals surface area contributed by atoms with Crippen LogP contribution in [-0.2, 0) is 14.8 Å². The van der Waals surface area contributed by atoms with E-state index in [4.69, 9.17) is 0 Å². The molecule has 3 rings (SSSR count). The van der Waals surface area contributed by atoms with Gasteiger partial charge >= 0.3 is 0 Å². The molecule has 2 aromatic carbocycles. The third-order valence-corrected chi connectivity index (χ3v) is 4.68. The van der Waals surface area contributed by atoms with Gasteiger partial charge in [-0.3, -0.25) is 4.79 Å². The maximum absolute atomic E-state index is 13.6. The highest BCUT2D eigenvalue weighted by Crippen LogP contribution is 2.25. The second kappa shape index (κ2) is 5.60. The maximum atomic E-state index is 13.6. The van der Waals surface area contributed by atoms with Crippen molar-refractivity contribution in [2.45, 2.75) is 11.1 Å². The van der Waals surface area contributed by atoms with Crippen molar-refractivity contribution < 1.29 is 22.0 Å². The quantitative estimate of drug-likeness (QED) is 0.776. The SMILES string of the molecule is O=C(Nc1ccc(F)cc1F)[C@H]1Nc2ccccc2S(=O)(=O)N1. The summed E-state index contributed by atoms with van der Waals surface area (Å²) in [5, 5.41) is 4.91. The standard InChI is InChI=1S/C14H11F2N3O3S/c15-8-5-6-10(9(16)7-8)18-14(20)13-17-11-3-1-2-4-12(11)23(21,22)19-13/h1-7,13,17,19H,(H,18,20)/t13-/m0/s1. The molecule has 1 atom stereocenters. The van der Waals surface area contributed by atoms with E-state index in [-0.39, 0.29) is 16.3 Å². The number of halogens is 2. The Labute approximate surface area is 130 Å². The summed E-state index contributed by atoms with van der Waals surface area (Å²) in [6.45, 7) is 0. The van der Waals surface area contributed by atoms with Gasteiger partial charge in [0.2, 0.25) is 10.0 Å². The van der Waals surface area contributed by atoms with Crippen LogP contribution in [0.2, 0.25) is 0 Å². The molecule has 2 aromatic rings. The van der Waals surface area contributed by atoms with Gasteiger partial charge in [0.1, 0.15) is 16.5 Å². The third-order valence-electron chi connectivity index (χ3n) is 3.20. The van der Waals surface area contributed by atoms with Gasteiger partial charge in [-0.05, 0) is 24.3 Å². The predicted octanol–water partition coefficient (Wildman–Crippen LogP) is 1.63. The summed E-state index contributed by atoms with van der Waals surface area (Å²) in [7, 11) is -3.87. The number of fused-ring (bicyclic) bond motifs is 1. The number of carbonyl (C=O) groups is 1. The summed E-state index contributed by atoms with van der Waals surface area (Å²) in [6.07, 6.45) is -1.32. The fourth-order valence-electron chi connectivity index (χ4n) is 2.14. The molecule has 0 aliphatic carbocycles. The molecule has 0 spiro atoms. The van der Waals surface area contributed by atoms with Crippen LogP contribution in [0.25, 0.3) is 0 Å². The van der Waals surface area contributed by atoms with Crippen LogP contribution in [0.1, 0.15) is 0 Å². The normalized spacial score (nSPS) is 18.6. The van der Waals surface area contributed by atoms with Crippen molar-refractivity contribution in [3.63, 3.8) is 0 Å². The summed E-state index contributed by atoms with van der Waals surface area (Å²) in [5.74, 6) is -2.57. The molecular weight excluding hydrogens is 328 g/mol. The number of amides is 1. The summed E-state index contributed by atoms with van der Waals surface area (Å²) in [4.78, 5) is 12.2. The molecule has 23 heavy (non-hydrogen) atoms. The minimum absolute atomic E-state index is 0.0111. The zero-order chi connectivity index (χ0) is 16.6. The first kappa shape index (κ1) is 15.4. The summed E-state index contributed by atoms with van der Waals surface area (Å²) >= 11 is 0. The summed E-state index contributed by atoms with van der Waals surface area (Å²) in [5.41, 5.74) is 0.00207. The van der Waals surface area contributed by atoms with Crippen LogP contribution in [0.4, 0.5) is 20.2 Å². The summed E-state index contributed by atoms with van der Waals surface area (Å²) in [6, 6.07) is 8.70. The van der Waals surface area contributed by atoms with Gasteiger partial charge in [-0.15, -0.1) is 0 Å². The maximum Gasteiger partial charge on any atom is 0.262 e. The first-order valence-electron chi connectivity index (χ1n) is 6.51. The third kappa shape index (κ3) is 3.01. The van der Waals surface area contributed by atoms with Crippen LogP contribution in [0.15, 0.2) is 47.4 Å². The minimum atomic E-state index is -3.87. The Bertz CT molecular complexity index is 887. The van der Waals surface area contributed by atoms with E-state index in [0.717, 1.165) is 12.1 Å². The van der Waals surface area contributed by atoms with E-state index in [1.807, 2.05) is 0 Å². The van der Waals surface area contributed by atoms with E-state index in [2.05, 4.69) is 15.4 Å². The van der Waals surface area contributed by atoms with Crippen LogP contribution in [0, 0.1) is 11.6 Å². The van der Waals surface area contributed by atoms with Crippen molar-refractivity contribution in [2.75, 3.05) is 10.6 Å². The molecule has 0 bridgehead atoms. The molecule has 0 saturated heterocycles. The average Bonchev–Trinajstić information content (AvgIpc) is 2.49. The van der Waals surface area contributed by atoms with Crippen LogP contribution in [-0.4, -0.2) is 20.5 Å². The Morgan fingerprint density at radius 1 is 1.13 bits per heavy atom. The fourth-order valence-corrected chi connectivity index (χ4v) is 3.42. The number of hydrogen-bond donors (Lipinski definition) is 3. The Kier molecular flexibility index (Phi) is 3.74. The molecular formula is C14H11F2N3O3S. The van der Waals surface area contributed by atoms with Crippen molar-refractivity contribution >= 4 is 27.3 Å². The molecule has 3 N–H and O–H groups in total. The molecule has 0 radical (unpaired) electrons. The highest BCUT2D eigenvalue weighted by atomic mass is 32.2. The molecule has 1 heterocycles. The Balaban J connectivity index is 1.84. The zero-order valence-corrected chi connectivity index (χ0v) is 12.3. The number of para-hydroxylation sites is 1. The van der Waals surface area contributed by atoms with Crippen LogP contribution in [0.3, 0.4) is 0 Å². The lowest BCUT2D eigenvalue weighted by Gasteiger charge is -2.27. The second-order valence-electron chi connectivity index (χ2n) is 4.81. The fraction of sp³-hybridized carbons (Fsp3) is 0.0714. The number of sulfonamides is 1. The number of benzene rings is 2. The lowest BCUT2D eigenvalue weighted by atomic mass is 10.2. The van der Waals surface area contributed by atoms with Crippen molar-refractivity contribution in [2.24, 2.45) is 0 Å². The second-order valence-corrected chi connectivity index (χ2v) is 6.49. The lowest BCUT2D eigenvalue weighted by Crippen LogP contribution is -2.51. The Hall–Kier alpha value is -2.52. The molecule has 0 aromatic heterocycles. The van der Waals surface area contributed by atoms with Crippen LogP contribution >= 0.6 is 0 Å². The van der Waals surface area contributed by atoms with Gasteiger partial charge in [-0.2, -0.15) is 4.72 Å². The smallest absolute Gasteiger partial charge is 0.262 e. The van der Waals surface area contributed by atoms with E-state index in [1.165, 1.54) is 12.1 Å². The predicted molar refractivity (Wildman–Crippen MR) is 79.2 cm³/mol.